The number of aliphatic carboxylic acids is 1. The topological polar surface area (TPSA) is 104 Å². The highest BCUT2D eigenvalue weighted by molar-refractivity contribution is 6.23. The van der Waals surface area contributed by atoms with Crippen LogP contribution >= 0.6 is 0 Å². The monoisotopic (exact) mass is 408 g/mol. The Bertz CT molecular complexity index is 984. The Morgan fingerprint density at radius 2 is 1.77 bits per heavy atom. The molecule has 1 saturated heterocycles. The van der Waals surface area contributed by atoms with Crippen LogP contribution < -0.4 is 9.64 Å². The average molecular weight is 408 g/mol. The lowest BCUT2D eigenvalue weighted by atomic mass is 10.1. The molecule has 8 heteroatoms. The van der Waals surface area contributed by atoms with Gasteiger partial charge in [0.2, 0.25) is 11.8 Å². The van der Waals surface area contributed by atoms with Gasteiger partial charge in [-0.3, -0.25) is 14.4 Å². The predicted molar refractivity (Wildman–Crippen MR) is 108 cm³/mol. The highest BCUT2D eigenvalue weighted by atomic mass is 16.5. The fraction of sp³-hybridized carbons (Fsp3) is 0.182. The molecule has 154 valence electrons. The second kappa shape index (κ2) is 9.04. The van der Waals surface area contributed by atoms with Gasteiger partial charge in [-0.05, 0) is 29.8 Å². The van der Waals surface area contributed by atoms with E-state index < -0.39 is 29.7 Å². The molecule has 0 aliphatic carbocycles. The molecule has 2 aromatic rings. The number of carbonyl (C=O) groups is 4. The van der Waals surface area contributed by atoms with Gasteiger partial charge in [-0.1, -0.05) is 30.3 Å². The number of carbonyl (C=O) groups excluding carboxylic acids is 3. The van der Waals surface area contributed by atoms with Gasteiger partial charge in [0.15, 0.2) is 0 Å². The third-order valence-electron chi connectivity index (χ3n) is 4.68. The summed E-state index contributed by atoms with van der Waals surface area (Å²) in [6.07, 6.45) is 1.41. The van der Waals surface area contributed by atoms with E-state index in [4.69, 9.17) is 9.84 Å². The Kier molecular flexibility index (Phi) is 6.26. The van der Waals surface area contributed by atoms with Crippen molar-refractivity contribution in [2.75, 3.05) is 12.0 Å². The van der Waals surface area contributed by atoms with Crippen LogP contribution in [0, 0.1) is 0 Å². The Morgan fingerprint density at radius 1 is 1.10 bits per heavy atom. The molecule has 8 nitrogen and oxygen atoms in total. The minimum absolute atomic E-state index is 0.0269. The molecule has 3 amide bonds. The van der Waals surface area contributed by atoms with Crippen LogP contribution in [0.1, 0.15) is 12.0 Å². The SMILES string of the molecule is COc1ccc(CN(C(=O)C=CC(=O)O)C2CC(=O)N(c3ccccc3)C2=O)cc1. The lowest BCUT2D eigenvalue weighted by Crippen LogP contribution is -2.44. The molecular formula is C22H20N2O6. The predicted octanol–water partition coefficient (Wildman–Crippen LogP) is 2.00. The number of amides is 3. The summed E-state index contributed by atoms with van der Waals surface area (Å²) in [4.78, 5) is 51.4. The summed E-state index contributed by atoms with van der Waals surface area (Å²) >= 11 is 0. The molecule has 3 rings (SSSR count). The molecule has 30 heavy (non-hydrogen) atoms. The molecule has 0 aromatic heterocycles. The van der Waals surface area contributed by atoms with Crippen molar-refractivity contribution in [3.8, 4) is 5.75 Å². The van der Waals surface area contributed by atoms with Gasteiger partial charge in [0.05, 0.1) is 19.2 Å². The van der Waals surface area contributed by atoms with Crippen LogP contribution in [-0.4, -0.2) is 46.8 Å². The van der Waals surface area contributed by atoms with Crippen LogP contribution in [-0.2, 0) is 25.7 Å². The van der Waals surface area contributed by atoms with Crippen LogP contribution in [0.4, 0.5) is 5.69 Å². The number of para-hydroxylation sites is 1. The van der Waals surface area contributed by atoms with Gasteiger partial charge < -0.3 is 14.7 Å². The fourth-order valence-corrected chi connectivity index (χ4v) is 3.22. The first-order valence-corrected chi connectivity index (χ1v) is 9.17. The fourth-order valence-electron chi connectivity index (χ4n) is 3.22. The maximum atomic E-state index is 13.0. The lowest BCUT2D eigenvalue weighted by molar-refractivity contribution is -0.135. The number of carboxylic acids is 1. The van der Waals surface area contributed by atoms with Crippen molar-refractivity contribution in [3.05, 3.63) is 72.3 Å². The van der Waals surface area contributed by atoms with Crippen LogP contribution in [0.2, 0.25) is 0 Å². The smallest absolute Gasteiger partial charge is 0.328 e. The number of ether oxygens (including phenoxy) is 1. The maximum absolute atomic E-state index is 13.0. The van der Waals surface area contributed by atoms with Gasteiger partial charge in [-0.15, -0.1) is 0 Å². The summed E-state index contributed by atoms with van der Waals surface area (Å²) in [6.45, 7) is 0.0269. The van der Waals surface area contributed by atoms with Crippen molar-refractivity contribution < 1.29 is 29.0 Å². The number of nitrogens with zero attached hydrogens (tertiary/aromatic N) is 2. The van der Waals surface area contributed by atoms with E-state index in [0.29, 0.717) is 23.1 Å². The standard InChI is InChI=1S/C22H20N2O6/c1-30-17-9-7-15(8-10-17)14-23(19(25)11-12-21(27)28)18-13-20(26)24(22(18)29)16-5-3-2-4-6-16/h2-12,18H,13-14H2,1H3,(H,27,28). The molecule has 1 fully saturated rings. The first-order valence-electron chi connectivity index (χ1n) is 9.17. The zero-order valence-corrected chi connectivity index (χ0v) is 16.2. The van der Waals surface area contributed by atoms with Gasteiger partial charge in [0.25, 0.3) is 5.91 Å². The Hall–Kier alpha value is -3.94. The van der Waals surface area contributed by atoms with E-state index >= 15 is 0 Å². The Morgan fingerprint density at radius 3 is 2.37 bits per heavy atom. The van der Waals surface area contributed by atoms with E-state index in [1.54, 1.807) is 54.6 Å². The van der Waals surface area contributed by atoms with Crippen molar-refractivity contribution in [2.24, 2.45) is 0 Å². The molecule has 1 atom stereocenters. The zero-order chi connectivity index (χ0) is 21.7. The number of hydrogen-bond donors (Lipinski definition) is 1. The van der Waals surface area contributed by atoms with Gasteiger partial charge in [-0.25, -0.2) is 9.69 Å². The van der Waals surface area contributed by atoms with Crippen LogP contribution in [0.5, 0.6) is 5.75 Å². The summed E-state index contributed by atoms with van der Waals surface area (Å²) in [5.74, 6) is -2.28. The van der Waals surface area contributed by atoms with Crippen molar-refractivity contribution in [2.45, 2.75) is 19.0 Å². The largest absolute Gasteiger partial charge is 0.497 e. The molecule has 0 spiro atoms. The van der Waals surface area contributed by atoms with Gasteiger partial charge >= 0.3 is 5.97 Å². The zero-order valence-electron chi connectivity index (χ0n) is 16.2. The van der Waals surface area contributed by atoms with Crippen LogP contribution in [0.15, 0.2) is 66.7 Å². The number of methoxy groups -OCH3 is 1. The first-order chi connectivity index (χ1) is 14.4. The van der Waals surface area contributed by atoms with E-state index in [0.717, 1.165) is 11.0 Å². The molecule has 1 N–H and O–H groups in total. The summed E-state index contributed by atoms with van der Waals surface area (Å²) < 4.78 is 5.12. The number of rotatable bonds is 7. The molecule has 0 bridgehead atoms. The second-order valence-corrected chi connectivity index (χ2v) is 6.61. The Labute approximate surface area is 173 Å². The van der Waals surface area contributed by atoms with Crippen LogP contribution in [0.25, 0.3) is 0 Å². The summed E-state index contributed by atoms with van der Waals surface area (Å²) in [6, 6.07) is 14.3. The third kappa shape index (κ3) is 4.54. The highest BCUT2D eigenvalue weighted by Crippen LogP contribution is 2.27. The normalized spacial score (nSPS) is 16.2. The highest BCUT2D eigenvalue weighted by Gasteiger charge is 2.44. The summed E-state index contributed by atoms with van der Waals surface area (Å²) in [7, 11) is 1.53. The molecule has 1 unspecified atom stereocenters. The van der Waals surface area contributed by atoms with Gasteiger partial charge in [-0.2, -0.15) is 0 Å². The second-order valence-electron chi connectivity index (χ2n) is 6.61. The van der Waals surface area contributed by atoms with Crippen molar-refractivity contribution in [3.63, 3.8) is 0 Å². The molecule has 1 heterocycles. The minimum Gasteiger partial charge on any atom is -0.497 e. The number of anilines is 1. The van der Waals surface area contributed by atoms with Crippen molar-refractivity contribution in [1.29, 1.82) is 0 Å². The number of carboxylic acid groups (broad SMARTS) is 1. The van der Waals surface area contributed by atoms with Crippen molar-refractivity contribution in [1.82, 2.24) is 4.90 Å². The maximum Gasteiger partial charge on any atom is 0.328 e. The van der Waals surface area contributed by atoms with E-state index in [9.17, 15) is 19.2 Å². The van der Waals surface area contributed by atoms with E-state index in [2.05, 4.69) is 0 Å². The average Bonchev–Trinajstić information content (AvgIpc) is 3.05. The number of hydrogen-bond acceptors (Lipinski definition) is 5. The first kappa shape index (κ1) is 20.8. The van der Waals surface area contributed by atoms with E-state index in [1.807, 2.05) is 0 Å². The number of imide groups is 1. The van der Waals surface area contributed by atoms with Crippen molar-refractivity contribution >= 4 is 29.4 Å². The molecule has 0 radical (unpaired) electrons. The van der Waals surface area contributed by atoms with Gasteiger partial charge in [0.1, 0.15) is 11.8 Å². The third-order valence-corrected chi connectivity index (χ3v) is 4.68. The molecule has 1 aliphatic rings. The molecule has 1 aliphatic heterocycles. The lowest BCUT2D eigenvalue weighted by Gasteiger charge is -2.26. The molecule has 2 aromatic carbocycles. The van der Waals surface area contributed by atoms with E-state index in [1.165, 1.54) is 12.0 Å². The summed E-state index contributed by atoms with van der Waals surface area (Å²) in [5.41, 5.74) is 1.12. The van der Waals surface area contributed by atoms with E-state index in [-0.39, 0.29) is 13.0 Å². The minimum atomic E-state index is -1.28. The molecule has 0 saturated carbocycles. The number of benzene rings is 2. The summed E-state index contributed by atoms with van der Waals surface area (Å²) in [5, 5.41) is 8.84. The van der Waals surface area contributed by atoms with Gasteiger partial charge in [0, 0.05) is 18.7 Å². The quantitative estimate of drug-likeness (QED) is 0.555. The molecular weight excluding hydrogens is 388 g/mol. The Balaban J connectivity index is 1.90. The van der Waals surface area contributed by atoms with Crippen LogP contribution in [0.3, 0.4) is 0 Å².